The number of hydrogen-bond acceptors (Lipinski definition) is 4. The standard InChI is InChI=1S/C18H33N5O3.HI/c1-22(2)16(24)13-19-17(20-14-7-5-4-6-8-14)21-15-9-11-23(12-10-15)18(25)26-3;/h14-15H,4-13H2,1-3H3,(H2,19,20,21);1H. The van der Waals surface area contributed by atoms with Crippen LogP contribution in [0.15, 0.2) is 4.99 Å². The molecule has 0 bridgehead atoms. The number of nitrogens with one attached hydrogen (secondary N) is 2. The topological polar surface area (TPSA) is 86.3 Å². The summed E-state index contributed by atoms with van der Waals surface area (Å²) in [4.78, 5) is 31.3. The molecule has 0 unspecified atom stereocenters. The van der Waals surface area contributed by atoms with Crippen LogP contribution >= 0.6 is 24.0 Å². The number of halogens is 1. The molecule has 2 rings (SSSR count). The summed E-state index contributed by atoms with van der Waals surface area (Å²) in [6.07, 6.45) is 7.45. The Morgan fingerprint density at radius 2 is 1.59 bits per heavy atom. The lowest BCUT2D eigenvalue weighted by Gasteiger charge is -2.33. The number of carbonyl (C=O) groups excluding carboxylic acids is 2. The van der Waals surface area contributed by atoms with Gasteiger partial charge in [0.15, 0.2) is 5.96 Å². The average Bonchev–Trinajstić information content (AvgIpc) is 2.66. The Balaban J connectivity index is 0.00000364. The van der Waals surface area contributed by atoms with Crippen LogP contribution in [-0.4, -0.2) is 80.7 Å². The molecule has 0 aromatic heterocycles. The van der Waals surface area contributed by atoms with Crippen LogP contribution in [0.2, 0.25) is 0 Å². The molecule has 0 aromatic rings. The summed E-state index contributed by atoms with van der Waals surface area (Å²) in [6, 6.07) is 0.653. The van der Waals surface area contributed by atoms with Gasteiger partial charge in [0.1, 0.15) is 6.54 Å². The number of likely N-dealkylation sites (tertiary alicyclic amines) is 1. The van der Waals surface area contributed by atoms with Crippen LogP contribution in [0.3, 0.4) is 0 Å². The van der Waals surface area contributed by atoms with Crippen LogP contribution < -0.4 is 10.6 Å². The van der Waals surface area contributed by atoms with Crippen molar-refractivity contribution in [2.24, 2.45) is 4.99 Å². The molecule has 2 fully saturated rings. The molecule has 0 spiro atoms. The van der Waals surface area contributed by atoms with Crippen molar-refractivity contribution < 1.29 is 14.3 Å². The Bertz CT molecular complexity index is 501. The van der Waals surface area contributed by atoms with Gasteiger partial charge < -0.3 is 25.2 Å². The summed E-state index contributed by atoms with van der Waals surface area (Å²) >= 11 is 0. The van der Waals surface area contributed by atoms with Crippen LogP contribution in [0.1, 0.15) is 44.9 Å². The van der Waals surface area contributed by atoms with Gasteiger partial charge in [0.25, 0.3) is 0 Å². The fraction of sp³-hybridized carbons (Fsp3) is 0.833. The first kappa shape index (κ1) is 23.8. The molecule has 0 aromatic carbocycles. The number of hydrogen-bond donors (Lipinski definition) is 2. The Kier molecular flexibility index (Phi) is 10.8. The third kappa shape index (κ3) is 8.10. The Morgan fingerprint density at radius 3 is 2.11 bits per heavy atom. The Labute approximate surface area is 179 Å². The predicted molar refractivity (Wildman–Crippen MR) is 117 cm³/mol. The minimum atomic E-state index is -0.269. The number of likely N-dealkylation sites (N-methyl/N-ethyl adjacent to an activating group) is 1. The molecule has 9 heteroatoms. The number of methoxy groups -OCH3 is 1. The maximum absolute atomic E-state index is 11.9. The van der Waals surface area contributed by atoms with E-state index in [0.717, 1.165) is 25.7 Å². The SMILES string of the molecule is COC(=O)N1CCC(NC(=NCC(=O)N(C)C)NC2CCCCC2)CC1.I. The molecule has 1 saturated heterocycles. The van der Waals surface area contributed by atoms with Gasteiger partial charge in [0, 0.05) is 39.3 Å². The quantitative estimate of drug-likeness (QED) is 0.353. The van der Waals surface area contributed by atoms with Gasteiger partial charge in [0.05, 0.1) is 7.11 Å². The molecule has 0 radical (unpaired) electrons. The van der Waals surface area contributed by atoms with Gasteiger partial charge in [0.2, 0.25) is 5.91 Å². The number of ether oxygens (including phenoxy) is 1. The zero-order chi connectivity index (χ0) is 18.9. The lowest BCUT2D eigenvalue weighted by molar-refractivity contribution is -0.127. The van der Waals surface area contributed by atoms with E-state index in [1.54, 1.807) is 23.9 Å². The zero-order valence-electron chi connectivity index (χ0n) is 16.7. The lowest BCUT2D eigenvalue weighted by Crippen LogP contribution is -2.52. The number of amides is 2. The summed E-state index contributed by atoms with van der Waals surface area (Å²) in [5.41, 5.74) is 0. The largest absolute Gasteiger partial charge is 0.453 e. The first-order chi connectivity index (χ1) is 12.5. The third-order valence-electron chi connectivity index (χ3n) is 5.09. The summed E-state index contributed by atoms with van der Waals surface area (Å²) < 4.78 is 4.78. The minimum absolute atomic E-state index is 0. The van der Waals surface area contributed by atoms with Crippen molar-refractivity contribution in [3.05, 3.63) is 0 Å². The van der Waals surface area contributed by atoms with Gasteiger partial charge in [-0.25, -0.2) is 9.79 Å². The molecule has 156 valence electrons. The first-order valence-electron chi connectivity index (χ1n) is 9.60. The Hall–Kier alpha value is -1.26. The van der Waals surface area contributed by atoms with Crippen molar-refractivity contribution in [2.75, 3.05) is 40.8 Å². The molecular weight excluding hydrogens is 461 g/mol. The van der Waals surface area contributed by atoms with Crippen LogP contribution in [0, 0.1) is 0 Å². The summed E-state index contributed by atoms with van der Waals surface area (Å²) in [6.45, 7) is 1.46. The molecule has 1 saturated carbocycles. The summed E-state index contributed by atoms with van der Waals surface area (Å²) in [7, 11) is 4.89. The van der Waals surface area contributed by atoms with E-state index in [1.165, 1.54) is 26.4 Å². The minimum Gasteiger partial charge on any atom is -0.453 e. The van der Waals surface area contributed by atoms with E-state index in [0.29, 0.717) is 25.1 Å². The number of carbonyl (C=O) groups is 2. The molecule has 0 atom stereocenters. The monoisotopic (exact) mass is 495 g/mol. The molecule has 2 N–H and O–H groups in total. The number of nitrogens with zero attached hydrogens (tertiary/aromatic N) is 3. The second-order valence-corrected chi connectivity index (χ2v) is 7.31. The molecule has 1 heterocycles. The average molecular weight is 495 g/mol. The van der Waals surface area contributed by atoms with E-state index >= 15 is 0 Å². The molecule has 1 aliphatic heterocycles. The van der Waals surface area contributed by atoms with Gasteiger partial charge in [-0.2, -0.15) is 0 Å². The molecule has 27 heavy (non-hydrogen) atoms. The van der Waals surface area contributed by atoms with Crippen molar-refractivity contribution >= 4 is 41.9 Å². The van der Waals surface area contributed by atoms with Crippen molar-refractivity contribution in [1.82, 2.24) is 20.4 Å². The Morgan fingerprint density at radius 1 is 1.04 bits per heavy atom. The lowest BCUT2D eigenvalue weighted by atomic mass is 9.95. The van der Waals surface area contributed by atoms with Crippen molar-refractivity contribution in [2.45, 2.75) is 57.0 Å². The molecule has 8 nitrogen and oxygen atoms in total. The number of aliphatic imine (C=N–C) groups is 1. The van der Waals surface area contributed by atoms with E-state index in [1.807, 2.05) is 0 Å². The maximum Gasteiger partial charge on any atom is 0.409 e. The number of guanidine groups is 1. The highest BCUT2D eigenvalue weighted by Gasteiger charge is 2.24. The highest BCUT2D eigenvalue weighted by atomic mass is 127. The summed E-state index contributed by atoms with van der Waals surface area (Å²) in [5.74, 6) is 0.693. The van der Waals surface area contributed by atoms with Crippen LogP contribution in [0.4, 0.5) is 4.79 Å². The molecular formula is C18H34IN5O3. The third-order valence-corrected chi connectivity index (χ3v) is 5.09. The first-order valence-corrected chi connectivity index (χ1v) is 9.60. The second kappa shape index (κ2) is 12.2. The number of rotatable bonds is 4. The zero-order valence-corrected chi connectivity index (χ0v) is 19.0. The molecule has 2 aliphatic rings. The highest BCUT2D eigenvalue weighted by molar-refractivity contribution is 14.0. The normalized spacial score (nSPS) is 19.1. The predicted octanol–water partition coefficient (Wildman–Crippen LogP) is 1.79. The van der Waals surface area contributed by atoms with Crippen molar-refractivity contribution in [1.29, 1.82) is 0 Å². The van der Waals surface area contributed by atoms with Crippen LogP contribution in [0.25, 0.3) is 0 Å². The number of piperidine rings is 1. The van der Waals surface area contributed by atoms with E-state index in [-0.39, 0.29) is 48.6 Å². The van der Waals surface area contributed by atoms with E-state index in [4.69, 9.17) is 4.74 Å². The fourth-order valence-corrected chi connectivity index (χ4v) is 3.39. The van der Waals surface area contributed by atoms with Gasteiger partial charge in [-0.3, -0.25) is 4.79 Å². The van der Waals surface area contributed by atoms with Gasteiger partial charge >= 0.3 is 6.09 Å². The van der Waals surface area contributed by atoms with Gasteiger partial charge in [-0.1, -0.05) is 19.3 Å². The van der Waals surface area contributed by atoms with Crippen molar-refractivity contribution in [3.63, 3.8) is 0 Å². The fourth-order valence-electron chi connectivity index (χ4n) is 3.39. The maximum atomic E-state index is 11.9. The van der Waals surface area contributed by atoms with Crippen LogP contribution in [0.5, 0.6) is 0 Å². The van der Waals surface area contributed by atoms with Gasteiger partial charge in [-0.15, -0.1) is 24.0 Å². The highest BCUT2D eigenvalue weighted by Crippen LogP contribution is 2.17. The molecule has 1 aliphatic carbocycles. The van der Waals surface area contributed by atoms with Gasteiger partial charge in [-0.05, 0) is 25.7 Å². The smallest absolute Gasteiger partial charge is 0.409 e. The van der Waals surface area contributed by atoms with E-state index in [2.05, 4.69) is 15.6 Å². The molecule has 2 amide bonds. The second-order valence-electron chi connectivity index (χ2n) is 7.31. The summed E-state index contributed by atoms with van der Waals surface area (Å²) in [5, 5.41) is 6.97. The van der Waals surface area contributed by atoms with Crippen LogP contribution in [-0.2, 0) is 9.53 Å². The van der Waals surface area contributed by atoms with Crippen molar-refractivity contribution in [3.8, 4) is 0 Å². The van der Waals surface area contributed by atoms with E-state index in [9.17, 15) is 9.59 Å². The van der Waals surface area contributed by atoms with E-state index < -0.39 is 0 Å².